The van der Waals surface area contributed by atoms with E-state index in [1.165, 1.54) is 17.2 Å². The van der Waals surface area contributed by atoms with Gasteiger partial charge in [-0.15, -0.1) is 0 Å². The number of carbonyl (C=O) groups excluding carboxylic acids is 1. The van der Waals surface area contributed by atoms with Crippen LogP contribution in [0.2, 0.25) is 0 Å². The van der Waals surface area contributed by atoms with Crippen LogP contribution in [0.4, 0.5) is 0 Å². The first-order valence-electron chi connectivity index (χ1n) is 8.95. The highest BCUT2D eigenvalue weighted by molar-refractivity contribution is 6.01. The van der Waals surface area contributed by atoms with Crippen molar-refractivity contribution in [2.75, 3.05) is 0 Å². The van der Waals surface area contributed by atoms with E-state index in [1.54, 1.807) is 4.68 Å². The number of fused-ring (bicyclic) bond motifs is 1. The Labute approximate surface area is 152 Å². The lowest BCUT2D eigenvalue weighted by atomic mass is 9.82. The summed E-state index contributed by atoms with van der Waals surface area (Å²) in [6, 6.07) is 2.08. The van der Waals surface area contributed by atoms with Gasteiger partial charge in [-0.25, -0.2) is 4.98 Å². The number of aromatic nitrogens is 4. The fraction of sp³-hybridized carbons (Fsp3) is 0.286. The van der Waals surface area contributed by atoms with Gasteiger partial charge in [0.05, 0.1) is 6.20 Å². The van der Waals surface area contributed by atoms with E-state index in [1.807, 2.05) is 31.8 Å². The third-order valence-electron chi connectivity index (χ3n) is 5.13. The Bertz CT molecular complexity index is 1010. The van der Waals surface area contributed by atoms with Crippen molar-refractivity contribution in [1.82, 2.24) is 19.7 Å². The van der Waals surface area contributed by atoms with Crippen LogP contribution in [-0.4, -0.2) is 25.5 Å². The van der Waals surface area contributed by atoms with Crippen molar-refractivity contribution < 1.29 is 4.79 Å². The molecule has 0 bridgehead atoms. The summed E-state index contributed by atoms with van der Waals surface area (Å²) in [5, 5.41) is 5.42. The summed E-state index contributed by atoms with van der Waals surface area (Å²) in [5.41, 5.74) is 5.57. The van der Waals surface area contributed by atoms with E-state index in [0.29, 0.717) is 12.3 Å². The Balaban J connectivity index is 1.75. The van der Waals surface area contributed by atoms with E-state index in [4.69, 9.17) is 0 Å². The second-order valence-electron chi connectivity index (χ2n) is 6.94. The lowest BCUT2D eigenvalue weighted by molar-refractivity contribution is -0.115. The van der Waals surface area contributed by atoms with Gasteiger partial charge >= 0.3 is 0 Å². The first-order chi connectivity index (χ1) is 12.7. The summed E-state index contributed by atoms with van der Waals surface area (Å²) in [5.74, 6) is 0.512. The number of pyridine rings is 1. The van der Waals surface area contributed by atoms with Gasteiger partial charge in [-0.05, 0) is 48.5 Å². The summed E-state index contributed by atoms with van der Waals surface area (Å²) in [7, 11) is 1.92. The fourth-order valence-electron chi connectivity index (χ4n) is 3.86. The second kappa shape index (κ2) is 6.75. The highest BCUT2D eigenvalue weighted by Gasteiger charge is 2.21. The highest BCUT2D eigenvalue weighted by Crippen LogP contribution is 2.38. The molecule has 1 aliphatic rings. The van der Waals surface area contributed by atoms with Crippen LogP contribution in [0.3, 0.4) is 0 Å². The molecule has 5 heteroatoms. The minimum Gasteiger partial charge on any atom is -0.345 e. The van der Waals surface area contributed by atoms with Gasteiger partial charge in [-0.2, -0.15) is 5.10 Å². The van der Waals surface area contributed by atoms with Gasteiger partial charge in [0, 0.05) is 48.6 Å². The maximum Gasteiger partial charge on any atom is 0.155 e. The molecular weight excluding hydrogens is 324 g/mol. The number of hydrogen-bond donors (Lipinski definition) is 1. The van der Waals surface area contributed by atoms with E-state index in [9.17, 15) is 4.79 Å². The number of aromatic amines is 1. The molecule has 1 unspecified atom stereocenters. The maximum atomic E-state index is 11.8. The molecule has 132 valence electrons. The molecule has 0 saturated heterocycles. The Kier molecular flexibility index (Phi) is 4.29. The van der Waals surface area contributed by atoms with Crippen LogP contribution < -0.4 is 0 Å². The highest BCUT2D eigenvalue weighted by atomic mass is 16.1. The number of aryl methyl sites for hydroxylation is 1. The third-order valence-corrected chi connectivity index (χ3v) is 5.13. The predicted molar refractivity (Wildman–Crippen MR) is 103 cm³/mol. The molecule has 0 aromatic carbocycles. The van der Waals surface area contributed by atoms with Crippen LogP contribution in [0.15, 0.2) is 49.6 Å². The average Bonchev–Trinajstić information content (AvgIpc) is 3.27. The summed E-state index contributed by atoms with van der Waals surface area (Å²) < 4.78 is 1.81. The zero-order valence-corrected chi connectivity index (χ0v) is 14.9. The van der Waals surface area contributed by atoms with E-state index >= 15 is 0 Å². The van der Waals surface area contributed by atoms with Crippen molar-refractivity contribution >= 4 is 22.4 Å². The minimum atomic E-state index is 0.133. The SMILES string of the molecule is C=CC(=O)CC1CCC=C(c2ccnc3[nH]cc(-c4cnn(C)c4)c23)C1. The molecule has 3 aromatic heterocycles. The summed E-state index contributed by atoms with van der Waals surface area (Å²) >= 11 is 0. The average molecular weight is 346 g/mol. The van der Waals surface area contributed by atoms with E-state index in [0.717, 1.165) is 41.4 Å². The van der Waals surface area contributed by atoms with Gasteiger partial charge in [0.25, 0.3) is 0 Å². The van der Waals surface area contributed by atoms with Crippen molar-refractivity contribution in [3.05, 3.63) is 55.1 Å². The third kappa shape index (κ3) is 3.01. The van der Waals surface area contributed by atoms with Crippen molar-refractivity contribution in [1.29, 1.82) is 0 Å². The Morgan fingerprint density at radius 3 is 3.12 bits per heavy atom. The number of nitrogens with one attached hydrogen (secondary N) is 1. The topological polar surface area (TPSA) is 63.6 Å². The minimum absolute atomic E-state index is 0.133. The molecule has 5 nitrogen and oxygen atoms in total. The fourth-order valence-corrected chi connectivity index (χ4v) is 3.86. The molecule has 0 radical (unpaired) electrons. The number of allylic oxidation sites excluding steroid dienone is 3. The van der Waals surface area contributed by atoms with Crippen LogP contribution in [0, 0.1) is 5.92 Å². The van der Waals surface area contributed by atoms with Gasteiger partial charge < -0.3 is 4.98 Å². The smallest absolute Gasteiger partial charge is 0.155 e. The standard InChI is InChI=1S/C21H22N4O/c1-3-17(26)10-14-5-4-6-15(9-14)18-7-8-22-21-20(18)19(12-23-21)16-11-24-25(2)13-16/h3,6-8,11-14H,1,4-5,9-10H2,2H3,(H,22,23). The molecule has 0 fully saturated rings. The van der Waals surface area contributed by atoms with Crippen LogP contribution in [0.1, 0.15) is 31.2 Å². The first-order valence-corrected chi connectivity index (χ1v) is 8.95. The molecule has 1 aliphatic carbocycles. The van der Waals surface area contributed by atoms with Crippen molar-refractivity contribution in [2.24, 2.45) is 13.0 Å². The zero-order valence-electron chi connectivity index (χ0n) is 14.9. The quantitative estimate of drug-likeness (QED) is 0.701. The maximum absolute atomic E-state index is 11.8. The number of ketones is 1. The number of H-pyrrole nitrogens is 1. The molecule has 1 N–H and O–H groups in total. The Morgan fingerprint density at radius 1 is 1.46 bits per heavy atom. The molecule has 26 heavy (non-hydrogen) atoms. The molecule has 0 amide bonds. The molecule has 0 saturated carbocycles. The lowest BCUT2D eigenvalue weighted by Crippen LogP contribution is -2.11. The van der Waals surface area contributed by atoms with Crippen LogP contribution in [-0.2, 0) is 11.8 Å². The zero-order chi connectivity index (χ0) is 18.1. The van der Waals surface area contributed by atoms with Crippen LogP contribution in [0.5, 0.6) is 0 Å². The van der Waals surface area contributed by atoms with E-state index in [-0.39, 0.29) is 5.78 Å². The molecule has 0 spiro atoms. The number of carbonyl (C=O) groups is 1. The molecular formula is C21H22N4O. The predicted octanol–water partition coefficient (Wildman–Crippen LogP) is 4.29. The van der Waals surface area contributed by atoms with E-state index < -0.39 is 0 Å². The molecule has 0 aliphatic heterocycles. The van der Waals surface area contributed by atoms with Crippen LogP contribution in [0.25, 0.3) is 27.7 Å². The Hall–Kier alpha value is -2.95. The van der Waals surface area contributed by atoms with Gasteiger partial charge in [-0.1, -0.05) is 12.7 Å². The first kappa shape index (κ1) is 16.5. The normalized spacial score (nSPS) is 17.3. The number of nitrogens with zero attached hydrogens (tertiary/aromatic N) is 3. The number of hydrogen-bond acceptors (Lipinski definition) is 3. The van der Waals surface area contributed by atoms with Gasteiger partial charge in [-0.3, -0.25) is 9.48 Å². The molecule has 3 aromatic rings. The van der Waals surface area contributed by atoms with Gasteiger partial charge in [0.1, 0.15) is 5.65 Å². The van der Waals surface area contributed by atoms with Gasteiger partial charge in [0.15, 0.2) is 5.78 Å². The van der Waals surface area contributed by atoms with Crippen molar-refractivity contribution in [3.8, 4) is 11.1 Å². The van der Waals surface area contributed by atoms with Crippen molar-refractivity contribution in [2.45, 2.75) is 25.7 Å². The molecule has 4 rings (SSSR count). The van der Waals surface area contributed by atoms with Crippen molar-refractivity contribution in [3.63, 3.8) is 0 Å². The van der Waals surface area contributed by atoms with E-state index in [2.05, 4.69) is 33.8 Å². The number of rotatable bonds is 5. The molecule has 3 heterocycles. The van der Waals surface area contributed by atoms with Gasteiger partial charge in [0.2, 0.25) is 0 Å². The monoisotopic (exact) mass is 346 g/mol. The lowest BCUT2D eigenvalue weighted by Gasteiger charge is -2.22. The van der Waals surface area contributed by atoms with Crippen LogP contribution >= 0.6 is 0 Å². The molecule has 1 atom stereocenters. The summed E-state index contributed by atoms with van der Waals surface area (Å²) in [6.07, 6.45) is 15.0. The largest absolute Gasteiger partial charge is 0.345 e. The summed E-state index contributed by atoms with van der Waals surface area (Å²) in [6.45, 7) is 3.60. The second-order valence-corrected chi connectivity index (χ2v) is 6.94. The summed E-state index contributed by atoms with van der Waals surface area (Å²) in [4.78, 5) is 19.6. The Morgan fingerprint density at radius 2 is 2.35 bits per heavy atom.